The average Bonchev–Trinajstić information content (AvgIpc) is 2.82. The molecule has 1 heterocycles. The van der Waals surface area contributed by atoms with Gasteiger partial charge in [0.2, 0.25) is 0 Å². The third-order valence-corrected chi connectivity index (χ3v) is 3.48. The Morgan fingerprint density at radius 3 is 2.55 bits per heavy atom. The number of hydrogen-bond donors (Lipinski definition) is 1. The third kappa shape index (κ3) is 2.53. The van der Waals surface area contributed by atoms with E-state index in [0.717, 1.165) is 10.9 Å². The van der Waals surface area contributed by atoms with E-state index >= 15 is 0 Å². The van der Waals surface area contributed by atoms with Gasteiger partial charge in [-0.05, 0) is 12.1 Å². The molecule has 0 amide bonds. The van der Waals surface area contributed by atoms with Gasteiger partial charge in [0.15, 0.2) is 0 Å². The number of rotatable bonds is 4. The summed E-state index contributed by atoms with van der Waals surface area (Å²) >= 11 is 0. The molecule has 1 aromatic heterocycles. The van der Waals surface area contributed by atoms with Crippen molar-refractivity contribution in [3.05, 3.63) is 59.8 Å². The molecule has 4 nitrogen and oxygen atoms in total. The zero-order valence-corrected chi connectivity index (χ0v) is 11.8. The Morgan fingerprint density at radius 1 is 1.09 bits per heavy atom. The Labute approximate surface area is 125 Å². The van der Waals surface area contributed by atoms with Gasteiger partial charge in [-0.15, -0.1) is 0 Å². The van der Waals surface area contributed by atoms with E-state index in [1.165, 1.54) is 6.07 Å². The van der Waals surface area contributed by atoms with Crippen molar-refractivity contribution in [3.8, 4) is 5.75 Å². The van der Waals surface area contributed by atoms with Gasteiger partial charge in [-0.2, -0.15) is 13.9 Å². The largest absolute Gasteiger partial charge is 0.434 e. The minimum atomic E-state index is -2.95. The topological polar surface area (TPSA) is 47.3 Å². The monoisotopic (exact) mass is 304 g/mol. The first-order valence-electron chi connectivity index (χ1n) is 6.71. The van der Waals surface area contributed by atoms with Crippen LogP contribution in [0.3, 0.4) is 0 Å². The zero-order valence-electron chi connectivity index (χ0n) is 11.8. The summed E-state index contributed by atoms with van der Waals surface area (Å²) in [5.74, 6) is -0.0460. The molecule has 2 aromatic carbocycles. The molecular weight excluding hydrogens is 290 g/mol. The summed E-state index contributed by atoms with van der Waals surface area (Å²) in [6.07, 6.45) is -1.12. The van der Waals surface area contributed by atoms with E-state index in [0.29, 0.717) is 5.69 Å². The highest BCUT2D eigenvalue weighted by Crippen LogP contribution is 2.34. The second-order valence-corrected chi connectivity index (χ2v) is 4.84. The second-order valence-electron chi connectivity index (χ2n) is 4.84. The summed E-state index contributed by atoms with van der Waals surface area (Å²) in [5, 5.41) is 15.8. The van der Waals surface area contributed by atoms with Crippen LogP contribution in [0.15, 0.2) is 48.5 Å². The lowest BCUT2D eigenvalue weighted by atomic mass is 10.0. The molecule has 1 unspecified atom stereocenters. The minimum absolute atomic E-state index is 0.0460. The summed E-state index contributed by atoms with van der Waals surface area (Å²) in [7, 11) is 1.70. The number of aromatic nitrogens is 2. The van der Waals surface area contributed by atoms with E-state index < -0.39 is 12.7 Å². The van der Waals surface area contributed by atoms with Crippen molar-refractivity contribution in [1.82, 2.24) is 9.78 Å². The highest BCUT2D eigenvalue weighted by Gasteiger charge is 2.22. The number of aliphatic hydroxyl groups excluding tert-OH is 1. The van der Waals surface area contributed by atoms with Crippen LogP contribution in [0, 0.1) is 0 Å². The highest BCUT2D eigenvalue weighted by molar-refractivity contribution is 5.82. The molecule has 114 valence electrons. The molecule has 0 saturated heterocycles. The van der Waals surface area contributed by atoms with E-state index in [1.807, 2.05) is 24.3 Å². The van der Waals surface area contributed by atoms with E-state index in [4.69, 9.17) is 0 Å². The molecule has 3 aromatic rings. The van der Waals surface area contributed by atoms with Crippen molar-refractivity contribution < 1.29 is 18.6 Å². The lowest BCUT2D eigenvalue weighted by molar-refractivity contribution is -0.0513. The smallest absolute Gasteiger partial charge is 0.387 e. The number of aryl methyl sites for hydroxylation is 1. The van der Waals surface area contributed by atoms with Gasteiger partial charge in [0, 0.05) is 18.0 Å². The van der Waals surface area contributed by atoms with Crippen molar-refractivity contribution in [3.63, 3.8) is 0 Å². The Morgan fingerprint density at radius 2 is 1.77 bits per heavy atom. The fraction of sp³-hybridized carbons (Fsp3) is 0.188. The first kappa shape index (κ1) is 14.5. The highest BCUT2D eigenvalue weighted by atomic mass is 19.3. The molecule has 1 atom stereocenters. The molecule has 0 aliphatic carbocycles. The molecular formula is C16H14F2N2O2. The number of aliphatic hydroxyl groups is 1. The minimum Gasteiger partial charge on any atom is -0.434 e. The van der Waals surface area contributed by atoms with Gasteiger partial charge in [-0.1, -0.05) is 36.4 Å². The Kier molecular flexibility index (Phi) is 3.77. The van der Waals surface area contributed by atoms with Crippen LogP contribution in [0.5, 0.6) is 5.75 Å². The van der Waals surface area contributed by atoms with E-state index in [9.17, 15) is 13.9 Å². The Hall–Kier alpha value is -2.47. The van der Waals surface area contributed by atoms with Crippen molar-refractivity contribution in [1.29, 1.82) is 0 Å². The molecule has 3 rings (SSSR count). The molecule has 1 N–H and O–H groups in total. The molecule has 0 radical (unpaired) electrons. The average molecular weight is 304 g/mol. The molecule has 0 bridgehead atoms. The van der Waals surface area contributed by atoms with Gasteiger partial charge in [-0.3, -0.25) is 4.68 Å². The van der Waals surface area contributed by atoms with Crippen LogP contribution >= 0.6 is 0 Å². The maximum absolute atomic E-state index is 12.5. The van der Waals surface area contributed by atoms with Crippen LogP contribution in [0.2, 0.25) is 0 Å². The van der Waals surface area contributed by atoms with Gasteiger partial charge in [0.25, 0.3) is 0 Å². The number of hydrogen-bond acceptors (Lipinski definition) is 3. The molecule has 0 aliphatic rings. The molecule has 0 spiro atoms. The van der Waals surface area contributed by atoms with Crippen molar-refractivity contribution in [2.24, 2.45) is 7.05 Å². The first-order chi connectivity index (χ1) is 10.6. The predicted octanol–water partition coefficient (Wildman–Crippen LogP) is 3.26. The van der Waals surface area contributed by atoms with Crippen molar-refractivity contribution in [2.45, 2.75) is 12.7 Å². The van der Waals surface area contributed by atoms with E-state index in [-0.39, 0.29) is 11.3 Å². The number of nitrogens with zero attached hydrogens (tertiary/aromatic N) is 2. The third-order valence-electron chi connectivity index (χ3n) is 3.48. The summed E-state index contributed by atoms with van der Waals surface area (Å²) in [4.78, 5) is 0. The van der Waals surface area contributed by atoms with Crippen LogP contribution in [0.4, 0.5) is 8.78 Å². The van der Waals surface area contributed by atoms with Crippen LogP contribution in [-0.4, -0.2) is 21.5 Å². The predicted molar refractivity (Wildman–Crippen MR) is 77.8 cm³/mol. The SMILES string of the molecule is Cn1nc2ccccc2c1C(O)c1ccccc1OC(F)F. The normalized spacial score (nSPS) is 12.8. The van der Waals surface area contributed by atoms with Gasteiger partial charge < -0.3 is 9.84 Å². The molecule has 0 aliphatic heterocycles. The van der Waals surface area contributed by atoms with Gasteiger partial charge in [0.05, 0.1) is 11.2 Å². The second kappa shape index (κ2) is 5.73. The van der Waals surface area contributed by atoms with Crippen LogP contribution in [0.25, 0.3) is 10.9 Å². The molecule has 22 heavy (non-hydrogen) atoms. The number of halogens is 2. The van der Waals surface area contributed by atoms with Crippen LogP contribution in [-0.2, 0) is 7.05 Å². The Bertz CT molecular complexity index is 802. The lowest BCUT2D eigenvalue weighted by Gasteiger charge is -2.16. The maximum Gasteiger partial charge on any atom is 0.387 e. The van der Waals surface area contributed by atoms with Gasteiger partial charge >= 0.3 is 6.61 Å². The lowest BCUT2D eigenvalue weighted by Crippen LogP contribution is -2.10. The fourth-order valence-corrected chi connectivity index (χ4v) is 2.55. The maximum atomic E-state index is 12.5. The van der Waals surface area contributed by atoms with Crippen LogP contribution < -0.4 is 4.74 Å². The molecule has 0 saturated carbocycles. The number of para-hydroxylation sites is 1. The molecule has 0 fully saturated rings. The fourth-order valence-electron chi connectivity index (χ4n) is 2.55. The van der Waals surface area contributed by atoms with Crippen LogP contribution in [0.1, 0.15) is 17.4 Å². The van der Waals surface area contributed by atoms with Crippen molar-refractivity contribution >= 4 is 10.9 Å². The summed E-state index contributed by atoms with van der Waals surface area (Å²) in [6.45, 7) is -2.95. The number of alkyl halides is 2. The van der Waals surface area contributed by atoms with Gasteiger partial charge in [0.1, 0.15) is 11.9 Å². The summed E-state index contributed by atoms with van der Waals surface area (Å²) < 4.78 is 31.1. The number of fused-ring (bicyclic) bond motifs is 1. The standard InChI is InChI=1S/C16H14F2N2O2/c1-20-14(10-6-2-4-8-12(10)19-20)15(21)11-7-3-5-9-13(11)22-16(17)18/h2-9,15-16,21H,1H3. The number of ether oxygens (including phenoxy) is 1. The first-order valence-corrected chi connectivity index (χ1v) is 6.71. The van der Waals surface area contributed by atoms with Crippen molar-refractivity contribution in [2.75, 3.05) is 0 Å². The summed E-state index contributed by atoms with van der Waals surface area (Å²) in [6, 6.07) is 13.5. The Balaban J connectivity index is 2.10. The van der Waals surface area contributed by atoms with E-state index in [2.05, 4.69) is 9.84 Å². The van der Waals surface area contributed by atoms with E-state index in [1.54, 1.807) is 29.9 Å². The zero-order chi connectivity index (χ0) is 15.7. The quantitative estimate of drug-likeness (QED) is 0.805. The number of benzene rings is 2. The van der Waals surface area contributed by atoms with Gasteiger partial charge in [-0.25, -0.2) is 0 Å². The summed E-state index contributed by atoms with van der Waals surface area (Å²) in [5.41, 5.74) is 1.53. The molecule has 6 heteroatoms.